The van der Waals surface area contributed by atoms with Crippen molar-refractivity contribution >= 4 is 56.1 Å². The first-order chi connectivity index (χ1) is 15.8. The molecule has 1 saturated heterocycles. The first kappa shape index (κ1) is 25.1. The number of amides is 1. The Hall–Kier alpha value is -2.52. The first-order valence-corrected chi connectivity index (χ1v) is 13.6. The molecule has 0 bridgehead atoms. The summed E-state index contributed by atoms with van der Waals surface area (Å²) in [6.07, 6.45) is 2.31. The molecule has 1 fully saturated rings. The third kappa shape index (κ3) is 7.50. The Morgan fingerprint density at radius 2 is 1.94 bits per heavy atom. The molecule has 2 heterocycles. The number of guanidine groups is 1. The average Bonchev–Trinajstić information content (AvgIpc) is 3.21. The SMILES string of the molecule is Nc1nc(N)c(C(=O)/N=C2\NC[C@H](CCCCNS(=O)(=O)Cc3ccccc3)N2)nc1CI. The number of aromatic nitrogens is 2. The topological polar surface area (TPSA) is 177 Å². The number of nitrogens with two attached hydrogens (primary N) is 2. The zero-order chi connectivity index (χ0) is 23.8. The van der Waals surface area contributed by atoms with Crippen molar-refractivity contribution in [1.82, 2.24) is 25.3 Å². The van der Waals surface area contributed by atoms with Gasteiger partial charge in [-0.3, -0.25) is 4.79 Å². The van der Waals surface area contributed by atoms with E-state index in [1.807, 2.05) is 18.2 Å². The smallest absolute Gasteiger partial charge is 0.302 e. The van der Waals surface area contributed by atoms with E-state index in [-0.39, 0.29) is 29.1 Å². The molecule has 33 heavy (non-hydrogen) atoms. The van der Waals surface area contributed by atoms with Gasteiger partial charge in [0.05, 0.1) is 11.4 Å². The molecule has 178 valence electrons. The van der Waals surface area contributed by atoms with Gasteiger partial charge in [-0.15, -0.1) is 0 Å². The molecule has 0 saturated carbocycles. The summed E-state index contributed by atoms with van der Waals surface area (Å²) >= 11 is 2.08. The lowest BCUT2D eigenvalue weighted by atomic mass is 10.1. The Labute approximate surface area is 206 Å². The van der Waals surface area contributed by atoms with Crippen LogP contribution in [0.3, 0.4) is 0 Å². The molecule has 7 N–H and O–H groups in total. The van der Waals surface area contributed by atoms with Crippen LogP contribution in [0.1, 0.15) is 41.0 Å². The maximum absolute atomic E-state index is 12.5. The Balaban J connectivity index is 1.41. The van der Waals surface area contributed by atoms with E-state index in [4.69, 9.17) is 11.5 Å². The minimum Gasteiger partial charge on any atom is -0.382 e. The summed E-state index contributed by atoms with van der Waals surface area (Å²) in [5.74, 6) is -0.139. The second kappa shape index (κ2) is 11.6. The largest absolute Gasteiger partial charge is 0.382 e. The molecule has 1 aromatic heterocycles. The van der Waals surface area contributed by atoms with E-state index in [0.717, 1.165) is 18.4 Å². The highest BCUT2D eigenvalue weighted by atomic mass is 127. The number of rotatable bonds is 10. The zero-order valence-corrected chi connectivity index (χ0v) is 20.9. The van der Waals surface area contributed by atoms with Gasteiger partial charge in [0.1, 0.15) is 5.82 Å². The Kier molecular flexibility index (Phi) is 8.80. The zero-order valence-electron chi connectivity index (χ0n) is 17.9. The number of hydrogen-bond acceptors (Lipinski definition) is 7. The average molecular weight is 586 g/mol. The van der Waals surface area contributed by atoms with E-state index in [2.05, 4.69) is 52.9 Å². The molecular formula is C20H27IN8O3S. The summed E-state index contributed by atoms with van der Waals surface area (Å²) in [6.45, 7) is 0.983. The van der Waals surface area contributed by atoms with Crippen LogP contribution in [0.15, 0.2) is 35.3 Å². The van der Waals surface area contributed by atoms with Crippen molar-refractivity contribution in [3.05, 3.63) is 47.3 Å². The van der Waals surface area contributed by atoms with Crippen molar-refractivity contribution in [3.63, 3.8) is 0 Å². The molecule has 11 nitrogen and oxygen atoms in total. The van der Waals surface area contributed by atoms with Gasteiger partial charge in [0, 0.05) is 23.6 Å². The molecule has 0 spiro atoms. The molecule has 0 aliphatic carbocycles. The predicted octanol–water partition coefficient (Wildman–Crippen LogP) is 0.924. The number of carbonyl (C=O) groups excluding carboxylic acids is 1. The number of aliphatic imine (C=N–C) groups is 1. The summed E-state index contributed by atoms with van der Waals surface area (Å²) in [7, 11) is -3.36. The van der Waals surface area contributed by atoms with Gasteiger partial charge in [-0.2, -0.15) is 4.99 Å². The van der Waals surface area contributed by atoms with Crippen LogP contribution in [0.4, 0.5) is 11.6 Å². The molecule has 0 radical (unpaired) electrons. The van der Waals surface area contributed by atoms with Crippen LogP contribution in [0, 0.1) is 0 Å². The molecule has 3 rings (SSSR count). The van der Waals surface area contributed by atoms with E-state index < -0.39 is 15.9 Å². The molecule has 1 aliphatic heterocycles. The van der Waals surface area contributed by atoms with E-state index >= 15 is 0 Å². The number of alkyl halides is 1. The fourth-order valence-electron chi connectivity index (χ4n) is 3.26. The van der Waals surface area contributed by atoms with Gasteiger partial charge >= 0.3 is 5.91 Å². The molecule has 2 aromatic rings. The number of unbranched alkanes of at least 4 members (excludes halogenated alkanes) is 1. The predicted molar refractivity (Wildman–Crippen MR) is 136 cm³/mol. The minimum atomic E-state index is -3.36. The van der Waals surface area contributed by atoms with Crippen molar-refractivity contribution in [3.8, 4) is 0 Å². The van der Waals surface area contributed by atoms with E-state index in [1.54, 1.807) is 12.1 Å². The van der Waals surface area contributed by atoms with Gasteiger partial charge in [-0.25, -0.2) is 23.1 Å². The normalized spacial score (nSPS) is 17.0. The van der Waals surface area contributed by atoms with Crippen LogP contribution in [0.5, 0.6) is 0 Å². The number of sulfonamides is 1. The van der Waals surface area contributed by atoms with Crippen LogP contribution in [0.25, 0.3) is 0 Å². The molecule has 1 amide bonds. The van der Waals surface area contributed by atoms with Crippen LogP contribution >= 0.6 is 22.6 Å². The second-order valence-corrected chi connectivity index (χ2v) is 10.1. The van der Waals surface area contributed by atoms with Crippen molar-refractivity contribution in [2.75, 3.05) is 24.6 Å². The molecule has 1 aromatic carbocycles. The summed E-state index contributed by atoms with van der Waals surface area (Å²) in [5, 5.41) is 6.21. The number of nitrogens with one attached hydrogen (secondary N) is 3. The lowest BCUT2D eigenvalue weighted by Gasteiger charge is -2.10. The molecular weight excluding hydrogens is 559 g/mol. The van der Waals surface area contributed by atoms with E-state index in [9.17, 15) is 13.2 Å². The van der Waals surface area contributed by atoms with Crippen molar-refractivity contribution < 1.29 is 13.2 Å². The highest BCUT2D eigenvalue weighted by Crippen LogP contribution is 2.16. The van der Waals surface area contributed by atoms with Gasteiger partial charge < -0.3 is 22.1 Å². The highest BCUT2D eigenvalue weighted by molar-refractivity contribution is 14.1. The number of anilines is 2. The third-order valence-corrected chi connectivity index (χ3v) is 7.01. The maximum atomic E-state index is 12.5. The summed E-state index contributed by atoms with van der Waals surface area (Å²) in [5.41, 5.74) is 12.7. The number of nitrogens with zero attached hydrogens (tertiary/aromatic N) is 3. The van der Waals surface area contributed by atoms with Gasteiger partial charge in [-0.05, 0) is 18.4 Å². The number of halogens is 1. The summed E-state index contributed by atoms with van der Waals surface area (Å²) < 4.78 is 27.4. The quantitative estimate of drug-likeness (QED) is 0.154. The fourth-order valence-corrected chi connectivity index (χ4v) is 5.01. The number of benzene rings is 1. The summed E-state index contributed by atoms with van der Waals surface area (Å²) in [4.78, 5) is 24.6. The van der Waals surface area contributed by atoms with E-state index in [0.29, 0.717) is 35.6 Å². The number of nitrogen functional groups attached to an aromatic ring is 2. The highest BCUT2D eigenvalue weighted by Gasteiger charge is 2.22. The molecule has 0 unspecified atom stereocenters. The molecule has 1 atom stereocenters. The van der Waals surface area contributed by atoms with Crippen molar-refractivity contribution in [2.24, 2.45) is 4.99 Å². The first-order valence-electron chi connectivity index (χ1n) is 10.4. The van der Waals surface area contributed by atoms with Crippen LogP contribution in [0.2, 0.25) is 0 Å². The van der Waals surface area contributed by atoms with E-state index in [1.165, 1.54) is 0 Å². The monoisotopic (exact) mass is 586 g/mol. The Bertz CT molecular complexity index is 1110. The van der Waals surface area contributed by atoms with Crippen molar-refractivity contribution in [1.29, 1.82) is 0 Å². The Morgan fingerprint density at radius 3 is 2.67 bits per heavy atom. The van der Waals surface area contributed by atoms with Gasteiger partial charge in [0.25, 0.3) is 0 Å². The molecule has 13 heteroatoms. The van der Waals surface area contributed by atoms with Crippen molar-refractivity contribution in [2.45, 2.75) is 35.5 Å². The third-order valence-electron chi connectivity index (χ3n) is 4.93. The second-order valence-electron chi connectivity index (χ2n) is 7.55. The standard InChI is InChI=1S/C20H27IN8O3S/c21-10-15-17(22)28-18(23)16(27-15)19(30)29-20-24-11-14(26-20)8-4-5-9-25-33(31,32)12-13-6-2-1-3-7-13/h1-3,6-7,14,25H,4-5,8-12H2,(H4,22,23,28)(H2,24,26,29,30)/t14-/m0/s1. The fraction of sp³-hybridized carbons (Fsp3) is 0.400. The lowest BCUT2D eigenvalue weighted by molar-refractivity contribution is 0.0998. The maximum Gasteiger partial charge on any atom is 0.302 e. The Morgan fingerprint density at radius 1 is 1.18 bits per heavy atom. The minimum absolute atomic E-state index is 0.0294. The van der Waals surface area contributed by atoms with Gasteiger partial charge in [0.2, 0.25) is 10.0 Å². The van der Waals surface area contributed by atoms with Gasteiger partial charge in [-0.1, -0.05) is 59.3 Å². The number of carbonyl (C=O) groups is 1. The summed E-state index contributed by atoms with van der Waals surface area (Å²) in [6, 6.07) is 9.15. The molecule has 1 aliphatic rings. The van der Waals surface area contributed by atoms with Crippen LogP contribution < -0.4 is 26.8 Å². The van der Waals surface area contributed by atoms with Gasteiger partial charge in [0.15, 0.2) is 17.5 Å². The lowest BCUT2D eigenvalue weighted by Crippen LogP contribution is -2.30. The van der Waals surface area contributed by atoms with Crippen LogP contribution in [-0.4, -0.2) is 49.4 Å². The van der Waals surface area contributed by atoms with Crippen LogP contribution in [-0.2, 0) is 20.2 Å². The number of hydrogen-bond donors (Lipinski definition) is 5.